The molecular weight excluding hydrogens is 290 g/mol. The highest BCUT2D eigenvalue weighted by molar-refractivity contribution is 6.30. The number of carboxylic acids is 1. The van der Waals surface area contributed by atoms with E-state index < -0.39 is 11.4 Å². The standard InChI is InChI=1S/C16H20ClNO3/c1-10(2)13(11-3-5-12(17)6-4-11)14(19)18-9-16(7-8-16)15(20)21/h3-6,10,13H,7-9H2,1-2H3,(H,18,19)(H,20,21). The van der Waals surface area contributed by atoms with Crippen molar-refractivity contribution >= 4 is 23.5 Å². The van der Waals surface area contributed by atoms with E-state index in [1.54, 1.807) is 12.1 Å². The summed E-state index contributed by atoms with van der Waals surface area (Å²) in [5, 5.41) is 12.6. The number of halogens is 1. The smallest absolute Gasteiger partial charge is 0.311 e. The van der Waals surface area contributed by atoms with Crippen LogP contribution >= 0.6 is 11.6 Å². The van der Waals surface area contributed by atoms with Crippen LogP contribution in [0.4, 0.5) is 0 Å². The van der Waals surface area contributed by atoms with Crippen LogP contribution in [0.2, 0.25) is 5.02 Å². The average Bonchev–Trinajstić information content (AvgIpc) is 3.20. The van der Waals surface area contributed by atoms with E-state index in [9.17, 15) is 9.59 Å². The van der Waals surface area contributed by atoms with E-state index in [1.165, 1.54) is 0 Å². The Labute approximate surface area is 129 Å². The van der Waals surface area contributed by atoms with Crippen molar-refractivity contribution in [2.75, 3.05) is 6.54 Å². The van der Waals surface area contributed by atoms with Crippen molar-refractivity contribution in [3.8, 4) is 0 Å². The van der Waals surface area contributed by atoms with Crippen LogP contribution in [0.3, 0.4) is 0 Å². The van der Waals surface area contributed by atoms with Crippen molar-refractivity contribution in [1.82, 2.24) is 5.32 Å². The predicted molar refractivity (Wildman–Crippen MR) is 81.3 cm³/mol. The van der Waals surface area contributed by atoms with Crippen LogP contribution in [0.5, 0.6) is 0 Å². The van der Waals surface area contributed by atoms with Gasteiger partial charge in [-0.1, -0.05) is 37.6 Å². The van der Waals surface area contributed by atoms with Crippen molar-refractivity contribution in [3.05, 3.63) is 34.9 Å². The first kappa shape index (κ1) is 15.8. The summed E-state index contributed by atoms with van der Waals surface area (Å²) < 4.78 is 0. The number of amides is 1. The van der Waals surface area contributed by atoms with Crippen LogP contribution in [-0.2, 0) is 9.59 Å². The second kappa shape index (κ2) is 6.06. The monoisotopic (exact) mass is 309 g/mol. The third-order valence-electron chi connectivity index (χ3n) is 4.09. The minimum absolute atomic E-state index is 0.117. The number of carbonyl (C=O) groups excluding carboxylic acids is 1. The fourth-order valence-corrected chi connectivity index (χ4v) is 2.62. The molecule has 0 saturated heterocycles. The molecule has 114 valence electrons. The molecular formula is C16H20ClNO3. The van der Waals surface area contributed by atoms with Crippen LogP contribution < -0.4 is 5.32 Å². The van der Waals surface area contributed by atoms with E-state index in [1.807, 2.05) is 26.0 Å². The van der Waals surface area contributed by atoms with Crippen LogP contribution in [-0.4, -0.2) is 23.5 Å². The Kier molecular flexibility index (Phi) is 4.57. The molecule has 1 saturated carbocycles. The van der Waals surface area contributed by atoms with E-state index in [0.717, 1.165) is 5.56 Å². The molecule has 1 unspecified atom stereocenters. The lowest BCUT2D eigenvalue weighted by Gasteiger charge is -2.22. The van der Waals surface area contributed by atoms with E-state index in [0.29, 0.717) is 17.9 Å². The minimum Gasteiger partial charge on any atom is -0.481 e. The lowest BCUT2D eigenvalue weighted by atomic mass is 9.87. The molecule has 21 heavy (non-hydrogen) atoms. The summed E-state index contributed by atoms with van der Waals surface area (Å²) in [6.45, 7) is 4.16. The minimum atomic E-state index is -0.824. The number of hydrogen-bond donors (Lipinski definition) is 2. The topological polar surface area (TPSA) is 66.4 Å². The number of benzene rings is 1. The van der Waals surface area contributed by atoms with Gasteiger partial charge in [0.2, 0.25) is 5.91 Å². The van der Waals surface area contributed by atoms with Crippen LogP contribution in [0, 0.1) is 11.3 Å². The first-order valence-electron chi connectivity index (χ1n) is 7.12. The van der Waals surface area contributed by atoms with Gasteiger partial charge in [-0.05, 0) is 36.5 Å². The molecule has 1 aromatic rings. The summed E-state index contributed by atoms with van der Waals surface area (Å²) in [6.07, 6.45) is 1.27. The van der Waals surface area contributed by atoms with Crippen LogP contribution in [0.15, 0.2) is 24.3 Å². The van der Waals surface area contributed by atoms with E-state index in [-0.39, 0.29) is 24.3 Å². The van der Waals surface area contributed by atoms with Crippen molar-refractivity contribution in [2.24, 2.45) is 11.3 Å². The normalized spacial score (nSPS) is 17.3. The van der Waals surface area contributed by atoms with Gasteiger partial charge in [-0.2, -0.15) is 0 Å². The Morgan fingerprint density at radius 2 is 1.86 bits per heavy atom. The molecule has 1 amide bonds. The third-order valence-corrected chi connectivity index (χ3v) is 4.34. The van der Waals surface area contributed by atoms with Gasteiger partial charge in [-0.3, -0.25) is 9.59 Å². The van der Waals surface area contributed by atoms with Gasteiger partial charge in [0.05, 0.1) is 11.3 Å². The maximum Gasteiger partial charge on any atom is 0.311 e. The van der Waals surface area contributed by atoms with Gasteiger partial charge in [0.25, 0.3) is 0 Å². The number of carbonyl (C=O) groups is 2. The zero-order valence-corrected chi connectivity index (χ0v) is 13.0. The Hall–Kier alpha value is -1.55. The zero-order chi connectivity index (χ0) is 15.6. The molecule has 0 radical (unpaired) electrons. The molecule has 1 aromatic carbocycles. The maximum absolute atomic E-state index is 12.4. The molecule has 4 nitrogen and oxygen atoms in total. The van der Waals surface area contributed by atoms with Gasteiger partial charge in [0.15, 0.2) is 0 Å². The van der Waals surface area contributed by atoms with Crippen molar-refractivity contribution < 1.29 is 14.7 Å². The summed E-state index contributed by atoms with van der Waals surface area (Å²) in [5.74, 6) is -1.13. The first-order valence-corrected chi connectivity index (χ1v) is 7.50. The number of aliphatic carboxylic acids is 1. The molecule has 2 N–H and O–H groups in total. The molecule has 1 fully saturated rings. The first-order chi connectivity index (χ1) is 9.85. The summed E-state index contributed by atoms with van der Waals surface area (Å²) in [6, 6.07) is 7.21. The number of carboxylic acid groups (broad SMARTS) is 1. The summed E-state index contributed by atoms with van der Waals surface area (Å²) in [5.41, 5.74) is 0.157. The van der Waals surface area contributed by atoms with Crippen LogP contribution in [0.25, 0.3) is 0 Å². The van der Waals surface area contributed by atoms with Crippen molar-refractivity contribution in [1.29, 1.82) is 0 Å². The van der Waals surface area contributed by atoms with Gasteiger partial charge < -0.3 is 10.4 Å². The molecule has 1 atom stereocenters. The van der Waals surface area contributed by atoms with Gasteiger partial charge in [0, 0.05) is 11.6 Å². The summed E-state index contributed by atoms with van der Waals surface area (Å²) in [4.78, 5) is 23.6. The second-order valence-electron chi connectivity index (χ2n) is 6.08. The summed E-state index contributed by atoms with van der Waals surface area (Å²) >= 11 is 5.87. The van der Waals surface area contributed by atoms with Crippen LogP contribution in [0.1, 0.15) is 38.2 Å². The second-order valence-corrected chi connectivity index (χ2v) is 6.51. The largest absolute Gasteiger partial charge is 0.481 e. The lowest BCUT2D eigenvalue weighted by molar-refractivity contribution is -0.143. The Bertz CT molecular complexity index is 535. The Morgan fingerprint density at radius 1 is 1.29 bits per heavy atom. The molecule has 0 bridgehead atoms. The van der Waals surface area contributed by atoms with Gasteiger partial charge in [0.1, 0.15) is 0 Å². The average molecular weight is 310 g/mol. The molecule has 2 rings (SSSR count). The van der Waals surface area contributed by atoms with Gasteiger partial charge in [-0.15, -0.1) is 0 Å². The van der Waals surface area contributed by atoms with Crippen molar-refractivity contribution in [2.45, 2.75) is 32.6 Å². The SMILES string of the molecule is CC(C)C(C(=O)NCC1(C(=O)O)CC1)c1ccc(Cl)cc1. The third kappa shape index (κ3) is 3.56. The molecule has 5 heteroatoms. The number of rotatable bonds is 6. The Balaban J connectivity index is 2.06. The number of nitrogens with one attached hydrogen (secondary N) is 1. The maximum atomic E-state index is 12.4. The highest BCUT2D eigenvalue weighted by Gasteiger charge is 2.50. The Morgan fingerprint density at radius 3 is 2.29 bits per heavy atom. The molecule has 1 aliphatic rings. The quantitative estimate of drug-likeness (QED) is 0.848. The fraction of sp³-hybridized carbons (Fsp3) is 0.500. The van der Waals surface area contributed by atoms with E-state index in [2.05, 4.69) is 5.32 Å². The number of hydrogen-bond acceptors (Lipinski definition) is 2. The molecule has 0 aliphatic heterocycles. The molecule has 1 aliphatic carbocycles. The van der Waals surface area contributed by atoms with E-state index in [4.69, 9.17) is 16.7 Å². The highest BCUT2D eigenvalue weighted by Crippen LogP contribution is 2.45. The molecule has 0 heterocycles. The van der Waals surface area contributed by atoms with Gasteiger partial charge in [-0.25, -0.2) is 0 Å². The lowest BCUT2D eigenvalue weighted by Crippen LogP contribution is -2.38. The van der Waals surface area contributed by atoms with E-state index >= 15 is 0 Å². The fourth-order valence-electron chi connectivity index (χ4n) is 2.49. The zero-order valence-electron chi connectivity index (χ0n) is 12.2. The summed E-state index contributed by atoms with van der Waals surface area (Å²) in [7, 11) is 0. The van der Waals surface area contributed by atoms with Gasteiger partial charge >= 0.3 is 5.97 Å². The predicted octanol–water partition coefficient (Wildman–Crippen LogP) is 3.06. The van der Waals surface area contributed by atoms with Crippen molar-refractivity contribution in [3.63, 3.8) is 0 Å². The highest BCUT2D eigenvalue weighted by atomic mass is 35.5. The molecule has 0 spiro atoms. The molecule has 0 aromatic heterocycles.